The average Bonchev–Trinajstić information content (AvgIpc) is 2.93. The molecule has 0 spiro atoms. The van der Waals surface area contributed by atoms with E-state index in [2.05, 4.69) is 16.0 Å². The van der Waals surface area contributed by atoms with Crippen molar-refractivity contribution in [1.82, 2.24) is 20.9 Å². The Balaban J connectivity index is 1.40. The van der Waals surface area contributed by atoms with E-state index in [1.807, 2.05) is 18.2 Å². The van der Waals surface area contributed by atoms with Crippen LogP contribution < -0.4 is 16.0 Å². The number of piperidine rings is 1. The Morgan fingerprint density at radius 1 is 1.26 bits per heavy atom. The summed E-state index contributed by atoms with van der Waals surface area (Å²) >= 11 is 0. The Bertz CT molecular complexity index is 784. The van der Waals surface area contributed by atoms with Crippen LogP contribution in [0.3, 0.4) is 0 Å². The second-order valence-corrected chi connectivity index (χ2v) is 7.76. The fraction of sp³-hybridized carbons (Fsp3) is 0.526. The van der Waals surface area contributed by atoms with Crippen molar-refractivity contribution in [3.05, 3.63) is 34.9 Å². The number of hydrogen-bond acceptors (Lipinski definition) is 6. The van der Waals surface area contributed by atoms with Crippen molar-refractivity contribution >= 4 is 17.7 Å². The predicted molar refractivity (Wildman–Crippen MR) is 96.6 cm³/mol. The van der Waals surface area contributed by atoms with Crippen LogP contribution in [0.1, 0.15) is 34.3 Å². The fourth-order valence-corrected chi connectivity index (χ4v) is 3.98. The Kier molecular flexibility index (Phi) is 4.71. The van der Waals surface area contributed by atoms with Gasteiger partial charge in [-0.3, -0.25) is 19.7 Å². The zero-order chi connectivity index (χ0) is 19.0. The van der Waals surface area contributed by atoms with E-state index < -0.39 is 11.9 Å². The summed E-state index contributed by atoms with van der Waals surface area (Å²) in [6.07, 6.45) is 0.628. The number of aliphatic hydroxyl groups excluding tert-OH is 1. The second-order valence-electron chi connectivity index (χ2n) is 7.76. The Labute approximate surface area is 157 Å². The highest BCUT2D eigenvalue weighted by Gasteiger charge is 2.39. The number of fused-ring (bicyclic) bond motifs is 1. The van der Waals surface area contributed by atoms with Crippen molar-refractivity contribution in [3.8, 4) is 0 Å². The van der Waals surface area contributed by atoms with Crippen molar-refractivity contribution < 1.29 is 19.5 Å². The largest absolute Gasteiger partial charge is 0.396 e. The third-order valence-corrected chi connectivity index (χ3v) is 5.75. The quantitative estimate of drug-likeness (QED) is 0.483. The number of carbonyl (C=O) groups is 3. The van der Waals surface area contributed by atoms with Crippen LogP contribution in [0.5, 0.6) is 0 Å². The monoisotopic (exact) mass is 372 g/mol. The SMILES string of the molecule is O=C1CCC(N2Cc3cc(CNCC4(CO)CNC4)ccc3C2=O)C(=O)N1. The molecule has 2 saturated heterocycles. The number of aliphatic hydroxyl groups is 1. The molecule has 4 rings (SSSR count). The van der Waals surface area contributed by atoms with Crippen molar-refractivity contribution in [2.45, 2.75) is 32.0 Å². The van der Waals surface area contributed by atoms with Crippen LogP contribution >= 0.6 is 0 Å². The van der Waals surface area contributed by atoms with Gasteiger partial charge in [0.25, 0.3) is 5.91 Å². The number of hydrogen-bond donors (Lipinski definition) is 4. The molecule has 1 atom stereocenters. The summed E-state index contributed by atoms with van der Waals surface area (Å²) < 4.78 is 0. The molecule has 3 heterocycles. The molecule has 4 N–H and O–H groups in total. The van der Waals surface area contributed by atoms with Crippen LogP contribution in [0.4, 0.5) is 0 Å². The third-order valence-electron chi connectivity index (χ3n) is 5.75. The molecule has 0 aliphatic carbocycles. The molecular formula is C19H24N4O4. The number of imide groups is 1. The number of nitrogens with zero attached hydrogens (tertiary/aromatic N) is 1. The smallest absolute Gasteiger partial charge is 0.255 e. The number of amides is 3. The van der Waals surface area contributed by atoms with Crippen LogP contribution in [-0.4, -0.2) is 60.0 Å². The molecule has 0 saturated carbocycles. The van der Waals surface area contributed by atoms with E-state index in [1.165, 1.54) is 0 Å². The molecule has 27 heavy (non-hydrogen) atoms. The van der Waals surface area contributed by atoms with Gasteiger partial charge in [0.2, 0.25) is 11.8 Å². The maximum Gasteiger partial charge on any atom is 0.255 e. The molecule has 3 amide bonds. The zero-order valence-electron chi connectivity index (χ0n) is 15.1. The minimum absolute atomic E-state index is 0.0741. The summed E-state index contributed by atoms with van der Waals surface area (Å²) in [6.45, 7) is 3.56. The molecule has 0 radical (unpaired) electrons. The van der Waals surface area contributed by atoms with Crippen molar-refractivity contribution in [3.63, 3.8) is 0 Å². The predicted octanol–water partition coefficient (Wildman–Crippen LogP) is -0.881. The lowest BCUT2D eigenvalue weighted by Crippen LogP contribution is -2.60. The summed E-state index contributed by atoms with van der Waals surface area (Å²) in [7, 11) is 0. The van der Waals surface area contributed by atoms with Gasteiger partial charge in [0.15, 0.2) is 0 Å². The molecule has 2 fully saturated rings. The number of carbonyl (C=O) groups excluding carboxylic acids is 3. The first-order valence-electron chi connectivity index (χ1n) is 9.30. The molecule has 3 aliphatic heterocycles. The van der Waals surface area contributed by atoms with E-state index in [1.54, 1.807) is 4.90 Å². The van der Waals surface area contributed by atoms with Gasteiger partial charge in [0.05, 0.1) is 6.61 Å². The highest BCUT2D eigenvalue weighted by molar-refractivity contribution is 6.05. The molecule has 0 aromatic heterocycles. The normalized spacial score (nSPS) is 23.8. The fourth-order valence-electron chi connectivity index (χ4n) is 3.98. The van der Waals surface area contributed by atoms with Crippen LogP contribution in [0.2, 0.25) is 0 Å². The van der Waals surface area contributed by atoms with Crippen molar-refractivity contribution in [1.29, 1.82) is 0 Å². The van der Waals surface area contributed by atoms with Crippen LogP contribution in [0, 0.1) is 5.41 Å². The molecular weight excluding hydrogens is 348 g/mol. The van der Waals surface area contributed by atoms with E-state index in [0.29, 0.717) is 25.1 Å². The van der Waals surface area contributed by atoms with E-state index in [9.17, 15) is 19.5 Å². The van der Waals surface area contributed by atoms with Gasteiger partial charge in [0, 0.05) is 50.1 Å². The Morgan fingerprint density at radius 2 is 2.07 bits per heavy atom. The summed E-state index contributed by atoms with van der Waals surface area (Å²) in [5.41, 5.74) is 2.52. The molecule has 8 nitrogen and oxygen atoms in total. The summed E-state index contributed by atoms with van der Waals surface area (Å²) in [4.78, 5) is 37.7. The molecule has 1 unspecified atom stereocenters. The van der Waals surface area contributed by atoms with Crippen molar-refractivity contribution in [2.24, 2.45) is 5.41 Å². The van der Waals surface area contributed by atoms with E-state index in [-0.39, 0.29) is 30.3 Å². The van der Waals surface area contributed by atoms with Crippen LogP contribution in [0.15, 0.2) is 18.2 Å². The van der Waals surface area contributed by atoms with Gasteiger partial charge in [0.1, 0.15) is 6.04 Å². The summed E-state index contributed by atoms with van der Waals surface area (Å²) in [6, 6.07) is 5.14. The lowest BCUT2D eigenvalue weighted by molar-refractivity contribution is -0.136. The second kappa shape index (κ2) is 7.03. The van der Waals surface area contributed by atoms with Crippen molar-refractivity contribution in [2.75, 3.05) is 26.2 Å². The van der Waals surface area contributed by atoms with Crippen LogP contribution in [-0.2, 0) is 22.7 Å². The summed E-state index contributed by atoms with van der Waals surface area (Å²) in [5.74, 6) is -0.826. The van der Waals surface area contributed by atoms with E-state index >= 15 is 0 Å². The molecule has 144 valence electrons. The molecule has 8 heteroatoms. The molecule has 1 aromatic rings. The minimum Gasteiger partial charge on any atom is -0.396 e. The first-order valence-corrected chi connectivity index (χ1v) is 9.30. The van der Waals surface area contributed by atoms with Gasteiger partial charge in [-0.2, -0.15) is 0 Å². The zero-order valence-corrected chi connectivity index (χ0v) is 15.1. The minimum atomic E-state index is -0.584. The number of rotatable bonds is 6. The number of nitrogens with one attached hydrogen (secondary N) is 3. The number of benzene rings is 1. The maximum atomic E-state index is 12.7. The Morgan fingerprint density at radius 3 is 2.74 bits per heavy atom. The van der Waals surface area contributed by atoms with Gasteiger partial charge in [-0.25, -0.2) is 0 Å². The van der Waals surface area contributed by atoms with Gasteiger partial charge in [-0.05, 0) is 23.6 Å². The average molecular weight is 372 g/mol. The first kappa shape index (κ1) is 18.1. The molecule has 0 bridgehead atoms. The highest BCUT2D eigenvalue weighted by atomic mass is 16.3. The standard InChI is InChI=1S/C19H24N4O4/c24-11-19(9-21-10-19)8-20-6-12-1-2-14-13(5-12)7-23(18(14)27)15-3-4-16(25)22-17(15)26/h1-2,5,15,20-21,24H,3-4,6-11H2,(H,22,25,26). The van der Waals surface area contributed by atoms with Gasteiger partial charge >= 0.3 is 0 Å². The van der Waals surface area contributed by atoms with Gasteiger partial charge in [-0.1, -0.05) is 12.1 Å². The van der Waals surface area contributed by atoms with E-state index in [4.69, 9.17) is 0 Å². The topological polar surface area (TPSA) is 111 Å². The third kappa shape index (κ3) is 3.36. The van der Waals surface area contributed by atoms with Gasteiger partial charge < -0.3 is 20.6 Å². The highest BCUT2D eigenvalue weighted by Crippen LogP contribution is 2.28. The maximum absolute atomic E-state index is 12.7. The molecule has 1 aromatic carbocycles. The first-order chi connectivity index (χ1) is 13.0. The Hall–Kier alpha value is -2.29. The van der Waals surface area contributed by atoms with Gasteiger partial charge in [-0.15, -0.1) is 0 Å². The van der Waals surface area contributed by atoms with Crippen LogP contribution in [0.25, 0.3) is 0 Å². The summed E-state index contributed by atoms with van der Waals surface area (Å²) in [5, 5.41) is 18.4. The lowest BCUT2D eigenvalue weighted by Gasteiger charge is -2.41. The molecule has 3 aliphatic rings. The lowest BCUT2D eigenvalue weighted by atomic mass is 9.82. The van der Waals surface area contributed by atoms with E-state index in [0.717, 1.165) is 30.8 Å².